The van der Waals surface area contributed by atoms with Crippen LogP contribution in [0, 0.1) is 13.8 Å². The summed E-state index contributed by atoms with van der Waals surface area (Å²) in [5.41, 5.74) is 4.56. The van der Waals surface area contributed by atoms with Crippen LogP contribution >= 0.6 is 0 Å². The summed E-state index contributed by atoms with van der Waals surface area (Å²) in [6, 6.07) is 12.9. The highest BCUT2D eigenvalue weighted by molar-refractivity contribution is 6.06. The van der Waals surface area contributed by atoms with Gasteiger partial charge in [0.25, 0.3) is 0 Å². The predicted molar refractivity (Wildman–Crippen MR) is 106 cm³/mol. The number of carbonyl (C=O) groups excluding carboxylic acids is 2. The van der Waals surface area contributed by atoms with Crippen molar-refractivity contribution in [1.29, 1.82) is 0 Å². The first-order valence-electron chi connectivity index (χ1n) is 8.64. The van der Waals surface area contributed by atoms with Crippen LogP contribution in [0.3, 0.4) is 0 Å². The average Bonchev–Trinajstić information content (AvgIpc) is 2.60. The van der Waals surface area contributed by atoms with Crippen molar-refractivity contribution in [2.45, 2.75) is 26.3 Å². The van der Waals surface area contributed by atoms with Crippen molar-refractivity contribution in [2.75, 3.05) is 22.1 Å². The smallest absolute Gasteiger partial charge is 0.247 e. The first-order valence-corrected chi connectivity index (χ1v) is 8.64. The zero-order valence-electron chi connectivity index (χ0n) is 15.1. The number of para-hydroxylation sites is 2. The van der Waals surface area contributed by atoms with Gasteiger partial charge in [0, 0.05) is 12.2 Å². The van der Waals surface area contributed by atoms with Crippen LogP contribution < -0.4 is 15.5 Å². The molecule has 2 aromatic rings. The molecule has 2 aromatic carbocycles. The second-order valence-corrected chi connectivity index (χ2v) is 6.53. The third kappa shape index (κ3) is 3.61. The van der Waals surface area contributed by atoms with E-state index in [4.69, 9.17) is 0 Å². The van der Waals surface area contributed by atoms with Gasteiger partial charge in [0.05, 0.1) is 17.8 Å². The number of nitrogens with one attached hydrogen (secondary N) is 2. The van der Waals surface area contributed by atoms with Crippen molar-refractivity contribution < 1.29 is 9.59 Å². The molecule has 0 saturated carbocycles. The van der Waals surface area contributed by atoms with E-state index in [2.05, 4.69) is 17.2 Å². The van der Waals surface area contributed by atoms with E-state index >= 15 is 0 Å². The van der Waals surface area contributed by atoms with Crippen molar-refractivity contribution in [3.63, 3.8) is 0 Å². The molecule has 1 aliphatic heterocycles. The van der Waals surface area contributed by atoms with E-state index in [9.17, 15) is 9.59 Å². The predicted octanol–water partition coefficient (Wildman–Crippen LogP) is 3.65. The number of hydrogen-bond acceptors (Lipinski definition) is 3. The molecule has 2 N–H and O–H groups in total. The van der Waals surface area contributed by atoms with Crippen LogP contribution in [-0.4, -0.2) is 24.4 Å². The molecule has 1 aliphatic rings. The van der Waals surface area contributed by atoms with E-state index in [1.807, 2.05) is 61.2 Å². The Hall–Kier alpha value is -3.08. The summed E-state index contributed by atoms with van der Waals surface area (Å²) in [6.07, 6.45) is 1.81. The van der Waals surface area contributed by atoms with Crippen molar-refractivity contribution >= 4 is 28.9 Å². The summed E-state index contributed by atoms with van der Waals surface area (Å²) in [6.45, 7) is 8.24. The molecule has 0 fully saturated rings. The maximum Gasteiger partial charge on any atom is 0.247 e. The molecule has 3 rings (SSSR count). The summed E-state index contributed by atoms with van der Waals surface area (Å²) in [5, 5.41) is 5.81. The molecule has 5 nitrogen and oxygen atoms in total. The number of rotatable bonds is 5. The molecule has 0 radical (unpaired) electrons. The molecule has 1 heterocycles. The van der Waals surface area contributed by atoms with E-state index < -0.39 is 6.04 Å². The lowest BCUT2D eigenvalue weighted by Gasteiger charge is -2.37. The SMILES string of the molecule is C=CCN1c2ccccc2NC(=O)[C@H]1CC(=O)Nc1ccc(C)cc1C. The Morgan fingerprint density at radius 3 is 2.77 bits per heavy atom. The Morgan fingerprint density at radius 1 is 1.27 bits per heavy atom. The quantitative estimate of drug-likeness (QED) is 0.810. The van der Waals surface area contributed by atoms with Crippen molar-refractivity contribution in [3.05, 3.63) is 66.2 Å². The fourth-order valence-electron chi connectivity index (χ4n) is 3.25. The number of nitrogens with zero attached hydrogens (tertiary/aromatic N) is 1. The Labute approximate surface area is 153 Å². The minimum atomic E-state index is -0.575. The number of anilines is 3. The van der Waals surface area contributed by atoms with Gasteiger partial charge in [0.1, 0.15) is 6.04 Å². The highest BCUT2D eigenvalue weighted by Gasteiger charge is 2.33. The molecule has 0 saturated heterocycles. The number of aryl methyl sites for hydroxylation is 2. The zero-order chi connectivity index (χ0) is 18.7. The Bertz CT molecular complexity index is 860. The molecular weight excluding hydrogens is 326 g/mol. The van der Waals surface area contributed by atoms with Crippen LogP contribution in [0.2, 0.25) is 0 Å². The molecule has 1 atom stereocenters. The number of amides is 2. The summed E-state index contributed by atoms with van der Waals surface area (Å²) in [4.78, 5) is 27.1. The summed E-state index contributed by atoms with van der Waals surface area (Å²) >= 11 is 0. The van der Waals surface area contributed by atoms with E-state index in [0.717, 1.165) is 28.2 Å². The minimum absolute atomic E-state index is 0.0708. The van der Waals surface area contributed by atoms with Crippen molar-refractivity contribution in [2.24, 2.45) is 0 Å². The van der Waals surface area contributed by atoms with E-state index in [-0.39, 0.29) is 18.2 Å². The standard InChI is InChI=1S/C21H23N3O2/c1-4-11-24-18-8-6-5-7-17(18)23-21(26)19(24)13-20(25)22-16-10-9-14(2)12-15(16)3/h4-10,12,19H,1,11,13H2,2-3H3,(H,22,25)(H,23,26)/t19-/m1/s1. The van der Waals surface area contributed by atoms with Gasteiger partial charge in [-0.25, -0.2) is 0 Å². The largest absolute Gasteiger partial charge is 0.354 e. The molecule has 0 bridgehead atoms. The van der Waals surface area contributed by atoms with E-state index in [0.29, 0.717) is 6.54 Å². The van der Waals surface area contributed by atoms with E-state index in [1.54, 1.807) is 6.08 Å². The monoisotopic (exact) mass is 349 g/mol. The first-order chi connectivity index (χ1) is 12.5. The van der Waals surface area contributed by atoms with Gasteiger partial charge < -0.3 is 15.5 Å². The summed E-state index contributed by atoms with van der Waals surface area (Å²) in [5.74, 6) is -0.369. The molecule has 0 unspecified atom stereocenters. The molecule has 5 heteroatoms. The van der Waals surface area contributed by atoms with Crippen LogP contribution in [0.1, 0.15) is 17.5 Å². The lowest BCUT2D eigenvalue weighted by atomic mass is 10.0. The summed E-state index contributed by atoms with van der Waals surface area (Å²) < 4.78 is 0. The minimum Gasteiger partial charge on any atom is -0.354 e. The Kier molecular flexibility index (Phi) is 5.07. The van der Waals surface area contributed by atoms with Gasteiger partial charge in [-0.1, -0.05) is 35.9 Å². The zero-order valence-corrected chi connectivity index (χ0v) is 15.1. The van der Waals surface area contributed by atoms with Gasteiger partial charge >= 0.3 is 0 Å². The third-order valence-corrected chi connectivity index (χ3v) is 4.51. The molecule has 0 aromatic heterocycles. The lowest BCUT2D eigenvalue weighted by molar-refractivity contribution is -0.122. The van der Waals surface area contributed by atoms with Gasteiger partial charge in [-0.3, -0.25) is 9.59 Å². The van der Waals surface area contributed by atoms with Gasteiger partial charge in [0.15, 0.2) is 0 Å². The van der Waals surface area contributed by atoms with Crippen molar-refractivity contribution in [3.8, 4) is 0 Å². The summed E-state index contributed by atoms with van der Waals surface area (Å²) in [7, 11) is 0. The van der Waals surface area contributed by atoms with Crippen molar-refractivity contribution in [1.82, 2.24) is 0 Å². The van der Waals surface area contributed by atoms with Crippen LogP contribution in [0.4, 0.5) is 17.1 Å². The molecular formula is C21H23N3O2. The van der Waals surface area contributed by atoms with Gasteiger partial charge in [0.2, 0.25) is 11.8 Å². The van der Waals surface area contributed by atoms with Gasteiger partial charge in [-0.05, 0) is 37.6 Å². The van der Waals surface area contributed by atoms with Crippen LogP contribution in [0.15, 0.2) is 55.1 Å². The average molecular weight is 349 g/mol. The topological polar surface area (TPSA) is 61.4 Å². The number of benzene rings is 2. The maximum absolute atomic E-state index is 12.6. The Morgan fingerprint density at radius 2 is 2.04 bits per heavy atom. The number of carbonyl (C=O) groups is 2. The maximum atomic E-state index is 12.6. The third-order valence-electron chi connectivity index (χ3n) is 4.51. The van der Waals surface area contributed by atoms with Gasteiger partial charge in [-0.15, -0.1) is 6.58 Å². The fraction of sp³-hybridized carbons (Fsp3) is 0.238. The molecule has 2 amide bonds. The normalized spacial score (nSPS) is 15.8. The lowest BCUT2D eigenvalue weighted by Crippen LogP contribution is -2.49. The fourth-order valence-corrected chi connectivity index (χ4v) is 3.25. The van der Waals surface area contributed by atoms with Crippen LogP contribution in [0.5, 0.6) is 0 Å². The molecule has 26 heavy (non-hydrogen) atoms. The molecule has 0 spiro atoms. The van der Waals surface area contributed by atoms with Crippen LogP contribution in [-0.2, 0) is 9.59 Å². The second kappa shape index (κ2) is 7.44. The van der Waals surface area contributed by atoms with Crippen LogP contribution in [0.25, 0.3) is 0 Å². The highest BCUT2D eigenvalue weighted by atomic mass is 16.2. The van der Waals surface area contributed by atoms with E-state index in [1.165, 1.54) is 0 Å². The first kappa shape index (κ1) is 17.7. The molecule has 134 valence electrons. The number of hydrogen-bond donors (Lipinski definition) is 2. The number of fused-ring (bicyclic) bond motifs is 1. The van der Waals surface area contributed by atoms with Gasteiger partial charge in [-0.2, -0.15) is 0 Å². The molecule has 0 aliphatic carbocycles. The Balaban J connectivity index is 1.79. The highest BCUT2D eigenvalue weighted by Crippen LogP contribution is 2.32. The second-order valence-electron chi connectivity index (χ2n) is 6.53.